The Hall–Kier alpha value is -2.40. The molecule has 0 bridgehead atoms. The summed E-state index contributed by atoms with van der Waals surface area (Å²) in [5.41, 5.74) is 0.171. The van der Waals surface area contributed by atoms with E-state index in [9.17, 15) is 26.4 Å². The highest BCUT2D eigenvalue weighted by Crippen LogP contribution is 2.32. The second-order valence-electron chi connectivity index (χ2n) is 6.96. The van der Waals surface area contributed by atoms with Crippen LogP contribution in [0.2, 0.25) is 0 Å². The van der Waals surface area contributed by atoms with Gasteiger partial charge in [0.25, 0.3) is 5.91 Å². The summed E-state index contributed by atoms with van der Waals surface area (Å²) in [5.74, 6) is -0.287. The lowest BCUT2D eigenvalue weighted by molar-refractivity contribution is -0.137. The molecule has 0 radical (unpaired) electrons. The van der Waals surface area contributed by atoms with E-state index in [1.807, 2.05) is 0 Å². The van der Waals surface area contributed by atoms with Gasteiger partial charge in [-0.05, 0) is 24.5 Å². The second kappa shape index (κ2) is 7.13. The van der Waals surface area contributed by atoms with Gasteiger partial charge in [-0.2, -0.15) is 13.2 Å². The van der Waals surface area contributed by atoms with Crippen LogP contribution in [0.3, 0.4) is 0 Å². The second-order valence-corrected chi connectivity index (χ2v) is 10.0. The van der Waals surface area contributed by atoms with Gasteiger partial charge in [-0.15, -0.1) is 11.3 Å². The molecule has 4 rings (SSSR count). The molecule has 1 fully saturated rings. The summed E-state index contributed by atoms with van der Waals surface area (Å²) in [7, 11) is -3.02. The van der Waals surface area contributed by atoms with Crippen LogP contribution in [0.5, 0.6) is 0 Å². The molecule has 1 amide bonds. The minimum absolute atomic E-state index is 0.0666. The molecule has 2 aromatic heterocycles. The van der Waals surface area contributed by atoms with E-state index in [1.54, 1.807) is 5.38 Å². The first-order chi connectivity index (χ1) is 13.6. The monoisotopic (exact) mass is 443 g/mol. The molecule has 3 heterocycles. The molecule has 3 aromatic rings. The first kappa shape index (κ1) is 19.9. The number of aromatic nitrogens is 2. The number of hydrogen-bond donors (Lipinski definition) is 1. The fourth-order valence-electron chi connectivity index (χ4n) is 3.30. The van der Waals surface area contributed by atoms with E-state index in [-0.39, 0.29) is 29.9 Å². The molecule has 1 atom stereocenters. The van der Waals surface area contributed by atoms with Crippen LogP contribution in [0.4, 0.5) is 13.2 Å². The Morgan fingerprint density at radius 1 is 1.34 bits per heavy atom. The highest BCUT2D eigenvalue weighted by molar-refractivity contribution is 7.91. The Morgan fingerprint density at radius 3 is 2.83 bits per heavy atom. The van der Waals surface area contributed by atoms with Crippen molar-refractivity contribution in [2.24, 2.45) is 5.92 Å². The lowest BCUT2D eigenvalue weighted by Gasteiger charge is -2.09. The molecule has 6 nitrogen and oxygen atoms in total. The lowest BCUT2D eigenvalue weighted by atomic mass is 10.1. The summed E-state index contributed by atoms with van der Waals surface area (Å²) in [4.78, 5) is 17.3. The van der Waals surface area contributed by atoms with Crippen LogP contribution < -0.4 is 5.32 Å². The zero-order valence-electron chi connectivity index (χ0n) is 14.9. The summed E-state index contributed by atoms with van der Waals surface area (Å²) in [6, 6.07) is 4.85. The normalized spacial score (nSPS) is 18.9. The van der Waals surface area contributed by atoms with E-state index in [1.165, 1.54) is 34.1 Å². The summed E-state index contributed by atoms with van der Waals surface area (Å²) in [6.07, 6.45) is -2.41. The number of benzene rings is 1. The Bertz CT molecular complexity index is 1180. The number of carbonyl (C=O) groups is 1. The van der Waals surface area contributed by atoms with Gasteiger partial charge < -0.3 is 5.32 Å². The van der Waals surface area contributed by atoms with Crippen molar-refractivity contribution in [1.29, 1.82) is 0 Å². The molecule has 0 spiro atoms. The molecule has 0 unspecified atom stereocenters. The van der Waals surface area contributed by atoms with Crippen LogP contribution in [-0.2, 0) is 16.0 Å². The van der Waals surface area contributed by atoms with Gasteiger partial charge in [-0.25, -0.2) is 13.4 Å². The molecule has 1 aliphatic rings. The zero-order valence-corrected chi connectivity index (χ0v) is 16.6. The summed E-state index contributed by atoms with van der Waals surface area (Å²) in [5, 5.41) is 4.35. The van der Waals surface area contributed by atoms with Gasteiger partial charge in [-0.1, -0.05) is 12.1 Å². The van der Waals surface area contributed by atoms with Crippen LogP contribution >= 0.6 is 11.3 Å². The van der Waals surface area contributed by atoms with Crippen molar-refractivity contribution < 1.29 is 26.4 Å². The molecule has 1 saturated heterocycles. The van der Waals surface area contributed by atoms with E-state index >= 15 is 0 Å². The average Bonchev–Trinajstić information content (AvgIpc) is 3.32. The number of fused-ring (bicyclic) bond motifs is 1. The standard InChI is InChI=1S/C18H16F3N3O3S2/c19-18(20,21)13-3-1-2-12(6-13)14-8-24-15(9-28-17(24)23-14)16(25)22-7-11-4-5-29(26,27)10-11/h1-3,6,8-9,11H,4-5,7,10H2,(H,22,25)/t11-/m1/s1. The number of amides is 1. The van der Waals surface area contributed by atoms with Crippen LogP contribution in [0.25, 0.3) is 16.2 Å². The number of thiazole rings is 1. The SMILES string of the molecule is O=C(NC[C@H]1CCS(=O)(=O)C1)c1csc2nc(-c3cccc(C(F)(F)F)c3)cn12. The van der Waals surface area contributed by atoms with Crippen molar-refractivity contribution in [2.75, 3.05) is 18.1 Å². The maximum atomic E-state index is 12.9. The van der Waals surface area contributed by atoms with E-state index in [0.717, 1.165) is 12.1 Å². The van der Waals surface area contributed by atoms with Gasteiger partial charge in [0.1, 0.15) is 5.69 Å². The van der Waals surface area contributed by atoms with Crippen LogP contribution in [0, 0.1) is 5.92 Å². The zero-order chi connectivity index (χ0) is 20.8. The van der Waals surface area contributed by atoms with Crippen LogP contribution in [-0.4, -0.2) is 41.8 Å². The quantitative estimate of drug-likeness (QED) is 0.671. The molecule has 29 heavy (non-hydrogen) atoms. The molecular formula is C18H16F3N3O3S2. The van der Waals surface area contributed by atoms with E-state index in [2.05, 4.69) is 10.3 Å². The predicted molar refractivity (Wildman–Crippen MR) is 103 cm³/mol. The number of alkyl halides is 3. The largest absolute Gasteiger partial charge is 0.416 e. The number of nitrogens with one attached hydrogen (secondary N) is 1. The number of hydrogen-bond acceptors (Lipinski definition) is 5. The molecule has 0 saturated carbocycles. The maximum Gasteiger partial charge on any atom is 0.416 e. The van der Waals surface area contributed by atoms with Crippen molar-refractivity contribution in [3.8, 4) is 11.3 Å². The first-order valence-electron chi connectivity index (χ1n) is 8.75. The predicted octanol–water partition coefficient (Wildman–Crippen LogP) is 3.25. The fourth-order valence-corrected chi connectivity index (χ4v) is 6.02. The Kier molecular flexibility index (Phi) is 4.89. The topological polar surface area (TPSA) is 80.5 Å². The van der Waals surface area contributed by atoms with Crippen LogP contribution in [0.1, 0.15) is 22.5 Å². The van der Waals surface area contributed by atoms with Crippen molar-refractivity contribution >= 4 is 32.0 Å². The number of halogens is 3. The molecule has 1 aliphatic heterocycles. The highest BCUT2D eigenvalue weighted by atomic mass is 32.2. The number of sulfone groups is 1. The Morgan fingerprint density at radius 2 is 2.14 bits per heavy atom. The van der Waals surface area contributed by atoms with Gasteiger partial charge in [-0.3, -0.25) is 9.20 Å². The van der Waals surface area contributed by atoms with E-state index < -0.39 is 21.6 Å². The number of nitrogens with zero attached hydrogens (tertiary/aromatic N) is 2. The van der Waals surface area contributed by atoms with Gasteiger partial charge >= 0.3 is 6.18 Å². The summed E-state index contributed by atoms with van der Waals surface area (Å²) in [6.45, 7) is 0.255. The molecule has 1 aromatic carbocycles. The molecule has 154 valence electrons. The number of carbonyl (C=O) groups excluding carboxylic acids is 1. The fraction of sp³-hybridized carbons (Fsp3) is 0.333. The number of imidazole rings is 1. The average molecular weight is 443 g/mol. The van der Waals surface area contributed by atoms with Gasteiger partial charge in [0, 0.05) is 23.7 Å². The van der Waals surface area contributed by atoms with Crippen molar-refractivity contribution in [1.82, 2.24) is 14.7 Å². The molecule has 1 N–H and O–H groups in total. The molecule has 0 aliphatic carbocycles. The van der Waals surface area contributed by atoms with Crippen molar-refractivity contribution in [2.45, 2.75) is 12.6 Å². The Balaban J connectivity index is 1.54. The Labute approximate surface area is 168 Å². The lowest BCUT2D eigenvalue weighted by Crippen LogP contribution is -2.30. The maximum absolute atomic E-state index is 12.9. The third-order valence-corrected chi connectivity index (χ3v) is 7.48. The number of rotatable bonds is 4. The third kappa shape index (κ3) is 4.15. The minimum atomic E-state index is -4.45. The first-order valence-corrected chi connectivity index (χ1v) is 11.5. The molecule has 11 heteroatoms. The van der Waals surface area contributed by atoms with Crippen molar-refractivity contribution in [3.63, 3.8) is 0 Å². The minimum Gasteiger partial charge on any atom is -0.350 e. The van der Waals surface area contributed by atoms with Crippen molar-refractivity contribution in [3.05, 3.63) is 47.1 Å². The van der Waals surface area contributed by atoms with E-state index in [0.29, 0.717) is 28.3 Å². The highest BCUT2D eigenvalue weighted by Gasteiger charge is 2.31. The summed E-state index contributed by atoms with van der Waals surface area (Å²) < 4.78 is 63.4. The van der Waals surface area contributed by atoms with Gasteiger partial charge in [0.2, 0.25) is 0 Å². The van der Waals surface area contributed by atoms with Crippen LogP contribution in [0.15, 0.2) is 35.8 Å². The summed E-state index contributed by atoms with van der Waals surface area (Å²) >= 11 is 1.20. The van der Waals surface area contributed by atoms with E-state index in [4.69, 9.17) is 0 Å². The smallest absolute Gasteiger partial charge is 0.350 e. The van der Waals surface area contributed by atoms with Gasteiger partial charge in [0.05, 0.1) is 22.8 Å². The third-order valence-electron chi connectivity index (χ3n) is 4.81. The molecular weight excluding hydrogens is 427 g/mol. The van der Waals surface area contributed by atoms with Gasteiger partial charge in [0.15, 0.2) is 14.8 Å².